The predicted molar refractivity (Wildman–Crippen MR) is 125 cm³/mol. The molecule has 3 aromatic rings. The molecule has 0 aliphatic heterocycles. The van der Waals surface area contributed by atoms with Gasteiger partial charge in [-0.1, -0.05) is 6.92 Å². The first-order valence-corrected chi connectivity index (χ1v) is 12.7. The second-order valence-corrected chi connectivity index (χ2v) is 10.9. The van der Waals surface area contributed by atoms with Gasteiger partial charge in [0.25, 0.3) is 0 Å². The fourth-order valence-corrected chi connectivity index (χ4v) is 5.08. The van der Waals surface area contributed by atoms with Crippen molar-refractivity contribution >= 4 is 33.6 Å². The first-order chi connectivity index (χ1) is 16.8. The maximum atomic E-state index is 13.5. The van der Waals surface area contributed by atoms with Crippen molar-refractivity contribution in [1.29, 1.82) is 0 Å². The molecular weight excluding hydrogens is 499 g/mol. The number of pyridine rings is 1. The highest BCUT2D eigenvalue weighted by atomic mass is 32.2. The van der Waals surface area contributed by atoms with Gasteiger partial charge in [-0.15, -0.1) is 0 Å². The van der Waals surface area contributed by atoms with Crippen LogP contribution in [0.1, 0.15) is 46.3 Å². The van der Waals surface area contributed by atoms with Gasteiger partial charge in [-0.3, -0.25) is 14.0 Å². The van der Waals surface area contributed by atoms with Gasteiger partial charge in [-0.25, -0.2) is 18.4 Å². The zero-order valence-electron chi connectivity index (χ0n) is 20.0. The van der Waals surface area contributed by atoms with Crippen molar-refractivity contribution in [2.75, 3.05) is 19.8 Å². The quantitative estimate of drug-likeness (QED) is 0.329. The molecule has 1 fully saturated rings. The number of rotatable bonds is 8. The molecule has 0 unspecified atom stereocenters. The van der Waals surface area contributed by atoms with Crippen molar-refractivity contribution in [3.8, 4) is 11.5 Å². The lowest BCUT2D eigenvalue weighted by molar-refractivity contribution is -0.106. The fraction of sp³-hybridized carbons (Fsp3) is 0.391. The fourth-order valence-electron chi connectivity index (χ4n) is 3.92. The summed E-state index contributed by atoms with van der Waals surface area (Å²) >= 11 is 0. The van der Waals surface area contributed by atoms with Crippen LogP contribution in [-0.2, 0) is 16.9 Å². The number of aromatic nitrogens is 4. The third-order valence-corrected chi connectivity index (χ3v) is 7.77. The molecule has 0 spiro atoms. The SMILES string of the molecule is CCS(=O)(=O)c1c(-c2nc(/C=C(\N(C)C)C(F)(F)F)c(C=O)n2C)nc2cc(C(=O)C3CC3)ccn12. The molecule has 0 atom stereocenters. The number of ketones is 1. The molecule has 4 rings (SSSR count). The Morgan fingerprint density at radius 2 is 1.92 bits per heavy atom. The van der Waals surface area contributed by atoms with E-state index >= 15 is 0 Å². The minimum absolute atomic E-state index is 0.0562. The Labute approximate surface area is 205 Å². The van der Waals surface area contributed by atoms with Crippen LogP contribution < -0.4 is 0 Å². The van der Waals surface area contributed by atoms with Crippen molar-refractivity contribution in [3.63, 3.8) is 0 Å². The summed E-state index contributed by atoms with van der Waals surface area (Å²) in [6.45, 7) is 1.44. The average molecular weight is 524 g/mol. The Balaban J connectivity index is 1.98. The predicted octanol–water partition coefficient (Wildman–Crippen LogP) is 3.40. The minimum Gasteiger partial charge on any atom is -0.374 e. The molecule has 9 nitrogen and oxygen atoms in total. The molecule has 3 aromatic heterocycles. The largest absolute Gasteiger partial charge is 0.431 e. The van der Waals surface area contributed by atoms with Gasteiger partial charge in [0.2, 0.25) is 0 Å². The Kier molecular flexibility index (Phi) is 6.31. The van der Waals surface area contributed by atoms with Crippen molar-refractivity contribution < 1.29 is 31.2 Å². The van der Waals surface area contributed by atoms with E-state index in [0.29, 0.717) is 11.8 Å². The standard InChI is InChI=1S/C23H24F3N5O4S/c1-5-36(34,35)22-19(28-18-10-14(8-9-31(18)22)20(33)13-6-7-13)21-27-15(16(12-32)30(21)4)11-17(29(2)3)23(24,25)26/h8-13H,5-7H2,1-4H3/b17-11-. The number of hydrogen-bond donors (Lipinski definition) is 0. The van der Waals surface area contributed by atoms with Crippen molar-refractivity contribution in [3.05, 3.63) is 41.0 Å². The number of halogens is 3. The van der Waals surface area contributed by atoms with Crippen molar-refractivity contribution in [1.82, 2.24) is 23.8 Å². The van der Waals surface area contributed by atoms with E-state index in [1.165, 1.54) is 55.4 Å². The maximum absolute atomic E-state index is 13.5. The van der Waals surface area contributed by atoms with Crippen LogP contribution in [0.3, 0.4) is 0 Å². The molecule has 0 radical (unpaired) electrons. The molecule has 13 heteroatoms. The number of aldehydes is 1. The lowest BCUT2D eigenvalue weighted by Crippen LogP contribution is -2.25. The topological polar surface area (TPSA) is 107 Å². The smallest absolute Gasteiger partial charge is 0.374 e. The van der Waals surface area contributed by atoms with Crippen LogP contribution in [-0.4, -0.2) is 70.3 Å². The molecule has 1 aliphatic rings. The van der Waals surface area contributed by atoms with Crippen molar-refractivity contribution in [2.24, 2.45) is 13.0 Å². The third kappa shape index (κ3) is 4.43. The second-order valence-electron chi connectivity index (χ2n) is 8.76. The summed E-state index contributed by atoms with van der Waals surface area (Å²) < 4.78 is 69.3. The van der Waals surface area contributed by atoms with Gasteiger partial charge in [-0.2, -0.15) is 13.2 Å². The Bertz CT molecular complexity index is 1510. The zero-order valence-corrected chi connectivity index (χ0v) is 20.8. The van der Waals surface area contributed by atoms with Gasteiger partial charge in [0.1, 0.15) is 22.7 Å². The number of Topliss-reactive ketones (excluding diaryl/α,β-unsaturated/α-hetero) is 1. The van der Waals surface area contributed by atoms with Crippen LogP contribution >= 0.6 is 0 Å². The molecular formula is C23H24F3N5O4S. The number of hydrogen-bond acceptors (Lipinski definition) is 7. The monoisotopic (exact) mass is 523 g/mol. The van der Waals surface area contributed by atoms with Gasteiger partial charge >= 0.3 is 6.18 Å². The summed E-state index contributed by atoms with van der Waals surface area (Å²) in [7, 11) is -0.111. The molecule has 192 valence electrons. The molecule has 0 saturated heterocycles. The Morgan fingerprint density at radius 1 is 1.25 bits per heavy atom. The normalized spacial score (nSPS) is 14.9. The molecule has 0 amide bonds. The van der Waals surface area contributed by atoms with Crippen LogP contribution in [0.2, 0.25) is 0 Å². The second kappa shape index (κ2) is 8.87. The Morgan fingerprint density at radius 3 is 2.44 bits per heavy atom. The number of imidazole rings is 2. The van der Waals surface area contributed by atoms with Crippen LogP contribution in [0, 0.1) is 5.92 Å². The van der Waals surface area contributed by atoms with Crippen molar-refractivity contribution in [2.45, 2.75) is 31.0 Å². The number of carbonyl (C=O) groups excluding carboxylic acids is 2. The van der Waals surface area contributed by atoms with Gasteiger partial charge < -0.3 is 9.47 Å². The van der Waals surface area contributed by atoms with Crippen LogP contribution in [0.5, 0.6) is 0 Å². The maximum Gasteiger partial charge on any atom is 0.431 e. The first-order valence-electron chi connectivity index (χ1n) is 11.1. The zero-order chi connectivity index (χ0) is 26.6. The van der Waals surface area contributed by atoms with E-state index < -0.39 is 21.7 Å². The third-order valence-electron chi connectivity index (χ3n) is 6.03. The number of fused-ring (bicyclic) bond motifs is 1. The number of nitrogens with zero attached hydrogens (tertiary/aromatic N) is 5. The Hall–Kier alpha value is -3.48. The summed E-state index contributed by atoms with van der Waals surface area (Å²) in [5.74, 6) is -0.501. The number of alkyl halides is 3. The van der Waals surface area contributed by atoms with Gasteiger partial charge in [-0.05, 0) is 31.1 Å². The number of allylic oxidation sites excluding steroid dienone is 1. The minimum atomic E-state index is -4.72. The summed E-state index contributed by atoms with van der Waals surface area (Å²) in [6, 6.07) is 3.00. The molecule has 3 heterocycles. The highest BCUT2D eigenvalue weighted by Gasteiger charge is 2.37. The van der Waals surface area contributed by atoms with Gasteiger partial charge in [0.15, 0.2) is 32.8 Å². The summed E-state index contributed by atoms with van der Waals surface area (Å²) in [5, 5.41) is -0.227. The van der Waals surface area contributed by atoms with Crippen LogP contribution in [0.15, 0.2) is 29.1 Å². The van der Waals surface area contributed by atoms with E-state index in [1.54, 1.807) is 0 Å². The van der Waals surface area contributed by atoms with E-state index in [0.717, 1.165) is 23.8 Å². The van der Waals surface area contributed by atoms with E-state index in [-0.39, 0.29) is 51.0 Å². The van der Waals surface area contributed by atoms with Gasteiger partial charge in [0.05, 0.1) is 11.4 Å². The van der Waals surface area contributed by atoms with Crippen LogP contribution in [0.25, 0.3) is 23.2 Å². The molecule has 0 N–H and O–H groups in total. The number of carbonyl (C=O) groups is 2. The van der Waals surface area contributed by atoms with E-state index in [1.807, 2.05) is 0 Å². The molecule has 1 saturated carbocycles. The molecule has 1 aliphatic carbocycles. The van der Waals surface area contributed by atoms with E-state index in [2.05, 4.69) is 9.97 Å². The van der Waals surface area contributed by atoms with Gasteiger partial charge in [0, 0.05) is 38.8 Å². The molecule has 0 aromatic carbocycles. The number of sulfone groups is 1. The highest BCUT2D eigenvalue weighted by molar-refractivity contribution is 7.91. The van der Waals surface area contributed by atoms with Crippen LogP contribution in [0.4, 0.5) is 13.2 Å². The first kappa shape index (κ1) is 25.6. The molecule has 36 heavy (non-hydrogen) atoms. The van der Waals surface area contributed by atoms with E-state index in [9.17, 15) is 31.2 Å². The highest BCUT2D eigenvalue weighted by Crippen LogP contribution is 2.35. The lowest BCUT2D eigenvalue weighted by atomic mass is 10.1. The van der Waals surface area contributed by atoms with E-state index in [4.69, 9.17) is 0 Å². The summed E-state index contributed by atoms with van der Waals surface area (Å²) in [4.78, 5) is 33.8. The summed E-state index contributed by atoms with van der Waals surface area (Å²) in [6.07, 6.45) is -0.617. The lowest BCUT2D eigenvalue weighted by Gasteiger charge is -2.19. The average Bonchev–Trinajstić information content (AvgIpc) is 3.50. The summed E-state index contributed by atoms with van der Waals surface area (Å²) in [5.41, 5.74) is -1.09. The molecule has 0 bridgehead atoms.